The molecule has 0 aliphatic heterocycles. The summed E-state index contributed by atoms with van der Waals surface area (Å²) in [5, 5.41) is 2.63. The predicted octanol–water partition coefficient (Wildman–Crippen LogP) is 1.32. The number of halogens is 1. The van der Waals surface area contributed by atoms with Gasteiger partial charge in [0.2, 0.25) is 0 Å². The van der Waals surface area contributed by atoms with Crippen molar-refractivity contribution >= 4 is 11.7 Å². The van der Waals surface area contributed by atoms with Crippen molar-refractivity contribution < 1.29 is 14.0 Å². The number of Topliss-reactive ketones (excluding diaryl/α,β-unsaturated/α-hetero) is 1. The minimum Gasteiger partial charge on any atom is -0.351 e. The molecule has 1 aromatic rings. The fourth-order valence-electron chi connectivity index (χ4n) is 1.96. The molecule has 1 saturated carbocycles. The number of aromatic nitrogens is 1. The van der Waals surface area contributed by atoms with Crippen LogP contribution in [0.2, 0.25) is 0 Å². The van der Waals surface area contributed by atoms with Crippen LogP contribution in [0, 0.1) is 11.7 Å². The van der Waals surface area contributed by atoms with Crippen LogP contribution < -0.4 is 5.32 Å². The van der Waals surface area contributed by atoms with Crippen LogP contribution in [0.15, 0.2) is 18.5 Å². The number of pyridine rings is 1. The third-order valence-corrected chi connectivity index (χ3v) is 2.91. The minimum atomic E-state index is -0.547. The Balaban J connectivity index is 1.91. The highest BCUT2D eigenvalue weighted by molar-refractivity contribution is 5.94. The molecular weight excluding hydrogens is 223 g/mol. The second-order valence-electron chi connectivity index (χ2n) is 4.16. The summed E-state index contributed by atoms with van der Waals surface area (Å²) in [6, 6.07) is 1.12. The average Bonchev–Trinajstić information content (AvgIpc) is 2.72. The number of hydrogen-bond donors (Lipinski definition) is 1. The smallest absolute Gasteiger partial charge is 0.252 e. The van der Waals surface area contributed by atoms with Crippen molar-refractivity contribution in [3.8, 4) is 0 Å². The summed E-state index contributed by atoms with van der Waals surface area (Å²) in [5.41, 5.74) is 0.176. The molecule has 1 aliphatic rings. The number of hydrogen-bond acceptors (Lipinski definition) is 3. The summed E-state index contributed by atoms with van der Waals surface area (Å²) in [6.07, 6.45) is 4.65. The van der Waals surface area contributed by atoms with Gasteiger partial charge in [0.25, 0.3) is 5.91 Å². The van der Waals surface area contributed by atoms with E-state index in [0.717, 1.165) is 25.1 Å². The zero-order chi connectivity index (χ0) is 12.3. The Bertz CT molecular complexity index is 448. The molecule has 1 N–H and O–H groups in total. The lowest BCUT2D eigenvalue weighted by molar-refractivity contribution is -0.120. The molecular formula is C12H13FN2O2. The molecule has 5 heteroatoms. The molecule has 0 spiro atoms. The first-order valence-electron chi connectivity index (χ1n) is 5.58. The monoisotopic (exact) mass is 236 g/mol. The van der Waals surface area contributed by atoms with Gasteiger partial charge in [0.05, 0.1) is 11.8 Å². The third-order valence-electron chi connectivity index (χ3n) is 2.91. The number of nitrogens with one attached hydrogen (secondary N) is 1. The number of amides is 1. The number of carbonyl (C=O) groups excluding carboxylic acids is 2. The molecule has 90 valence electrons. The molecule has 0 bridgehead atoms. The van der Waals surface area contributed by atoms with Gasteiger partial charge in [-0.2, -0.15) is 0 Å². The van der Waals surface area contributed by atoms with E-state index in [1.807, 2.05) is 0 Å². The maximum Gasteiger partial charge on any atom is 0.252 e. The van der Waals surface area contributed by atoms with Crippen LogP contribution in [-0.2, 0) is 4.79 Å². The molecule has 17 heavy (non-hydrogen) atoms. The van der Waals surface area contributed by atoms with E-state index < -0.39 is 11.7 Å². The second-order valence-corrected chi connectivity index (χ2v) is 4.16. The number of nitrogens with zero attached hydrogens (tertiary/aromatic N) is 1. The number of carbonyl (C=O) groups is 2. The van der Waals surface area contributed by atoms with Crippen molar-refractivity contribution in [1.29, 1.82) is 0 Å². The predicted molar refractivity (Wildman–Crippen MR) is 58.9 cm³/mol. The molecule has 1 amide bonds. The van der Waals surface area contributed by atoms with E-state index in [2.05, 4.69) is 10.3 Å². The lowest BCUT2D eigenvalue weighted by Gasteiger charge is -2.09. The highest BCUT2D eigenvalue weighted by atomic mass is 19.1. The van der Waals surface area contributed by atoms with Gasteiger partial charge < -0.3 is 5.32 Å². The number of ketones is 1. The van der Waals surface area contributed by atoms with Crippen molar-refractivity contribution in [3.05, 3.63) is 29.8 Å². The van der Waals surface area contributed by atoms with Crippen molar-refractivity contribution in [2.24, 2.45) is 5.92 Å². The quantitative estimate of drug-likeness (QED) is 0.861. The van der Waals surface area contributed by atoms with Gasteiger partial charge in [-0.15, -0.1) is 0 Å². The van der Waals surface area contributed by atoms with Gasteiger partial charge in [0.1, 0.15) is 11.6 Å². The van der Waals surface area contributed by atoms with E-state index >= 15 is 0 Å². The van der Waals surface area contributed by atoms with Crippen LogP contribution in [0.5, 0.6) is 0 Å². The summed E-state index contributed by atoms with van der Waals surface area (Å²) in [5.74, 6) is -0.825. The standard InChI is InChI=1S/C12H13FN2O2/c13-10-4-9(5-14-7-10)12(17)15-6-8-2-1-3-11(8)16/h4-5,7-8H,1-3,6H2,(H,15,17). The fourth-order valence-corrected chi connectivity index (χ4v) is 1.96. The van der Waals surface area contributed by atoms with E-state index in [4.69, 9.17) is 0 Å². The lowest BCUT2D eigenvalue weighted by atomic mass is 10.1. The molecule has 0 radical (unpaired) electrons. The third kappa shape index (κ3) is 2.87. The molecule has 1 aliphatic carbocycles. The summed E-state index contributed by atoms with van der Waals surface area (Å²) in [4.78, 5) is 26.6. The van der Waals surface area contributed by atoms with E-state index in [1.54, 1.807) is 0 Å². The van der Waals surface area contributed by atoms with Gasteiger partial charge in [0, 0.05) is 25.1 Å². The zero-order valence-corrected chi connectivity index (χ0v) is 9.28. The Kier molecular flexibility index (Phi) is 3.46. The van der Waals surface area contributed by atoms with Crippen molar-refractivity contribution in [2.45, 2.75) is 19.3 Å². The van der Waals surface area contributed by atoms with Crippen LogP contribution in [0.25, 0.3) is 0 Å². The maximum absolute atomic E-state index is 12.8. The highest BCUT2D eigenvalue weighted by Gasteiger charge is 2.24. The second kappa shape index (κ2) is 5.03. The van der Waals surface area contributed by atoms with E-state index in [1.165, 1.54) is 6.20 Å². The Labute approximate surface area is 98.2 Å². The Morgan fingerprint density at radius 1 is 1.53 bits per heavy atom. The van der Waals surface area contributed by atoms with Gasteiger partial charge in [-0.3, -0.25) is 14.6 Å². The molecule has 2 rings (SSSR count). The molecule has 1 heterocycles. The lowest BCUT2D eigenvalue weighted by Crippen LogP contribution is -2.31. The van der Waals surface area contributed by atoms with Crippen molar-refractivity contribution in [2.75, 3.05) is 6.54 Å². The summed E-state index contributed by atoms with van der Waals surface area (Å²) < 4.78 is 12.8. The van der Waals surface area contributed by atoms with Gasteiger partial charge in [-0.1, -0.05) is 0 Å². The Morgan fingerprint density at radius 3 is 3.00 bits per heavy atom. The molecule has 0 aromatic carbocycles. The van der Waals surface area contributed by atoms with Gasteiger partial charge in [-0.25, -0.2) is 4.39 Å². The van der Waals surface area contributed by atoms with Crippen LogP contribution >= 0.6 is 0 Å². The molecule has 1 atom stereocenters. The molecule has 1 aromatic heterocycles. The van der Waals surface area contributed by atoms with Gasteiger partial charge in [0.15, 0.2) is 0 Å². The van der Waals surface area contributed by atoms with Gasteiger partial charge >= 0.3 is 0 Å². The fraction of sp³-hybridized carbons (Fsp3) is 0.417. The Morgan fingerprint density at radius 2 is 2.35 bits per heavy atom. The number of rotatable bonds is 3. The molecule has 4 nitrogen and oxygen atoms in total. The van der Waals surface area contributed by atoms with Crippen LogP contribution in [0.4, 0.5) is 4.39 Å². The van der Waals surface area contributed by atoms with E-state index in [0.29, 0.717) is 13.0 Å². The summed E-state index contributed by atoms with van der Waals surface area (Å²) >= 11 is 0. The zero-order valence-electron chi connectivity index (χ0n) is 9.28. The molecule has 0 saturated heterocycles. The van der Waals surface area contributed by atoms with Gasteiger partial charge in [-0.05, 0) is 18.9 Å². The average molecular weight is 236 g/mol. The largest absolute Gasteiger partial charge is 0.351 e. The van der Waals surface area contributed by atoms with Crippen LogP contribution in [0.1, 0.15) is 29.6 Å². The molecule has 1 fully saturated rings. The normalized spacial score (nSPS) is 19.4. The van der Waals surface area contributed by atoms with Crippen molar-refractivity contribution in [3.63, 3.8) is 0 Å². The summed E-state index contributed by atoms with van der Waals surface area (Å²) in [6.45, 7) is 0.328. The molecule has 1 unspecified atom stereocenters. The SMILES string of the molecule is O=C(NCC1CCCC1=O)c1cncc(F)c1. The maximum atomic E-state index is 12.8. The van der Waals surface area contributed by atoms with Crippen LogP contribution in [0.3, 0.4) is 0 Å². The minimum absolute atomic E-state index is 0.0829. The van der Waals surface area contributed by atoms with Crippen molar-refractivity contribution in [1.82, 2.24) is 10.3 Å². The van der Waals surface area contributed by atoms with E-state index in [-0.39, 0.29) is 17.3 Å². The first-order chi connectivity index (χ1) is 8.16. The highest BCUT2D eigenvalue weighted by Crippen LogP contribution is 2.20. The first kappa shape index (κ1) is 11.7. The summed E-state index contributed by atoms with van der Waals surface area (Å²) in [7, 11) is 0. The topological polar surface area (TPSA) is 59.1 Å². The van der Waals surface area contributed by atoms with E-state index in [9.17, 15) is 14.0 Å². The first-order valence-corrected chi connectivity index (χ1v) is 5.58. The Hall–Kier alpha value is -1.78. The van der Waals surface area contributed by atoms with Crippen LogP contribution in [-0.4, -0.2) is 23.2 Å².